The van der Waals surface area contributed by atoms with Gasteiger partial charge in [-0.05, 0) is 0 Å². The third-order valence-electron chi connectivity index (χ3n) is 0.338. The summed E-state index contributed by atoms with van der Waals surface area (Å²) in [6.45, 7) is -8.31. The van der Waals surface area contributed by atoms with Gasteiger partial charge in [0.1, 0.15) is 6.56 Å². The Morgan fingerprint density at radius 3 is 3.78 bits per heavy atom. The Morgan fingerprint density at radius 1 is 2.22 bits per heavy atom. The molecular formula is C6H10O3. The molecular weight excluding hydrogens is 120 g/mol. The lowest BCUT2D eigenvalue weighted by atomic mass is 10.6. The molecule has 9 heavy (non-hydrogen) atoms. The molecule has 0 aromatic rings. The molecule has 0 aliphatic rings. The van der Waals surface area contributed by atoms with Gasteiger partial charge in [-0.1, -0.05) is 6.53 Å². The first kappa shape index (κ1) is 1.42. The number of hydrogen-bond donors (Lipinski definition) is 0. The second-order valence-electron chi connectivity index (χ2n) is 0.821. The number of rotatable bonds is 4. The molecule has 0 atom stereocenters. The number of carbonyl (C=O) groups excluding carboxylic acids is 1. The standard InChI is InChI=1S/C6H10O3/c1-3-6(7)9-5-4-8-2/h3H,1,4-5H2,2H3/i1D2,2D3,3D,4D2,5D2. The van der Waals surface area contributed by atoms with Crippen LogP contribution in [0.15, 0.2) is 12.6 Å². The van der Waals surface area contributed by atoms with Gasteiger partial charge in [-0.2, -0.15) is 0 Å². The zero-order valence-electron chi connectivity index (χ0n) is 14.2. The van der Waals surface area contributed by atoms with Gasteiger partial charge < -0.3 is 9.47 Å². The number of hydrogen-bond acceptors (Lipinski definition) is 3. The predicted molar refractivity (Wildman–Crippen MR) is 33.0 cm³/mol. The van der Waals surface area contributed by atoms with E-state index in [4.69, 9.17) is 13.7 Å². The van der Waals surface area contributed by atoms with E-state index in [1.807, 2.05) is 0 Å². The minimum atomic E-state index is -3.53. The maximum Gasteiger partial charge on any atom is 0.330 e. The zero-order valence-corrected chi connectivity index (χ0v) is 4.22. The van der Waals surface area contributed by atoms with Crippen LogP contribution in [0.2, 0.25) is 0 Å². The van der Waals surface area contributed by atoms with Crippen LogP contribution in [-0.4, -0.2) is 26.1 Å². The van der Waals surface area contributed by atoms with E-state index < -0.39 is 38.7 Å². The average molecular weight is 140 g/mol. The predicted octanol–water partition coefficient (Wildman–Crippen LogP) is 0.362. The lowest BCUT2D eigenvalue weighted by molar-refractivity contribution is -0.138. The molecule has 0 spiro atoms. The largest absolute Gasteiger partial charge is 0.460 e. The van der Waals surface area contributed by atoms with Gasteiger partial charge in [0.2, 0.25) is 0 Å². The van der Waals surface area contributed by atoms with Crippen LogP contribution in [0, 0.1) is 0 Å². The van der Waals surface area contributed by atoms with Crippen LogP contribution in [0.3, 0.4) is 0 Å². The molecule has 0 N–H and O–H groups in total. The highest BCUT2D eigenvalue weighted by atomic mass is 16.6. The Labute approximate surface area is 68.3 Å². The smallest absolute Gasteiger partial charge is 0.330 e. The molecule has 0 bridgehead atoms. The SMILES string of the molecule is [2H]C([2H])=C([2H])C(=O)OC([2H])([2H])C([2H])([2H])OC([2H])([2H])[2H]. The Kier molecular flexibility index (Phi) is 0.840. The number of methoxy groups -OCH3 is 1. The quantitative estimate of drug-likeness (QED) is 0.418. The van der Waals surface area contributed by atoms with Gasteiger partial charge in [-0.3, -0.25) is 0 Å². The normalized spacial score (nSPS) is 28.9. The summed E-state index contributed by atoms with van der Waals surface area (Å²) in [6.07, 6.45) is 0. The lowest BCUT2D eigenvalue weighted by Gasteiger charge is -1.98. The second kappa shape index (κ2) is 5.31. The zero-order chi connectivity index (χ0) is 15.6. The molecule has 0 aromatic carbocycles. The Morgan fingerprint density at radius 2 is 3.11 bits per heavy atom. The van der Waals surface area contributed by atoms with Crippen LogP contribution in [0.4, 0.5) is 0 Å². The Bertz CT molecular complexity index is 379. The van der Waals surface area contributed by atoms with E-state index in [0.29, 0.717) is 0 Å². The van der Waals surface area contributed by atoms with Crippen molar-refractivity contribution in [1.29, 1.82) is 0 Å². The third kappa shape index (κ3) is 5.03. The molecule has 0 amide bonds. The average Bonchev–Trinajstić information content (AvgIpc) is 2.11. The minimum Gasteiger partial charge on any atom is -0.460 e. The van der Waals surface area contributed by atoms with Gasteiger partial charge in [0.05, 0.1) is 20.3 Å². The van der Waals surface area contributed by atoms with Crippen molar-refractivity contribution >= 4 is 5.97 Å². The molecule has 3 heteroatoms. The van der Waals surface area contributed by atoms with E-state index >= 15 is 0 Å². The first-order chi connectivity index (χ1) is 8.19. The lowest BCUT2D eigenvalue weighted by Crippen LogP contribution is -2.06. The molecule has 0 fully saturated rings. The highest BCUT2D eigenvalue weighted by molar-refractivity contribution is 5.81. The van der Waals surface area contributed by atoms with Crippen LogP contribution in [0.5, 0.6) is 0 Å². The Balaban J connectivity index is 5.08. The van der Waals surface area contributed by atoms with Gasteiger partial charge in [-0.15, -0.1) is 0 Å². The fourth-order valence-corrected chi connectivity index (χ4v) is 0.114. The van der Waals surface area contributed by atoms with Crippen molar-refractivity contribution in [3.63, 3.8) is 0 Å². The fraction of sp³-hybridized carbons (Fsp3) is 0.500. The molecule has 3 nitrogen and oxygen atoms in total. The Hall–Kier alpha value is -0.830. The first-order valence-electron chi connectivity index (χ1n) is 6.77. The molecule has 52 valence electrons. The van der Waals surface area contributed by atoms with E-state index in [1.54, 1.807) is 0 Å². The summed E-state index contributed by atoms with van der Waals surface area (Å²) in [5.41, 5.74) is 0. The maximum absolute atomic E-state index is 11.1. The summed E-state index contributed by atoms with van der Waals surface area (Å²) >= 11 is 0. The maximum atomic E-state index is 11.1. The van der Waals surface area contributed by atoms with E-state index in [-0.39, 0.29) is 0 Å². The van der Waals surface area contributed by atoms with Gasteiger partial charge in [-0.25, -0.2) is 4.79 Å². The topological polar surface area (TPSA) is 35.5 Å². The van der Waals surface area contributed by atoms with Crippen molar-refractivity contribution in [3.8, 4) is 0 Å². The molecule has 0 saturated carbocycles. The molecule has 0 saturated heterocycles. The van der Waals surface area contributed by atoms with Crippen molar-refractivity contribution < 1.29 is 28.0 Å². The monoisotopic (exact) mass is 140 g/mol. The fourth-order valence-electron chi connectivity index (χ4n) is 0.114. The van der Waals surface area contributed by atoms with Crippen molar-refractivity contribution in [2.24, 2.45) is 0 Å². The van der Waals surface area contributed by atoms with Gasteiger partial charge in [0, 0.05) is 13.1 Å². The van der Waals surface area contributed by atoms with E-state index in [9.17, 15) is 4.79 Å². The van der Waals surface area contributed by atoms with Crippen molar-refractivity contribution in [2.75, 3.05) is 20.2 Å². The highest BCUT2D eigenvalue weighted by Gasteiger charge is 1.91. The molecule has 0 heterocycles. The van der Waals surface area contributed by atoms with Crippen molar-refractivity contribution in [1.82, 2.24) is 0 Å². The van der Waals surface area contributed by atoms with Crippen LogP contribution in [0.1, 0.15) is 13.7 Å². The summed E-state index contributed by atoms with van der Waals surface area (Å²) in [4.78, 5) is 11.1. The first-order valence-corrected chi connectivity index (χ1v) is 1.77. The molecule has 0 unspecified atom stereocenters. The second-order valence-corrected chi connectivity index (χ2v) is 0.821. The summed E-state index contributed by atoms with van der Waals surface area (Å²) in [5, 5.41) is 0. The summed E-state index contributed by atoms with van der Waals surface area (Å²) in [6, 6.07) is -1.31. The van der Waals surface area contributed by atoms with Crippen LogP contribution >= 0.6 is 0 Å². The van der Waals surface area contributed by atoms with E-state index in [1.165, 1.54) is 0 Å². The van der Waals surface area contributed by atoms with Crippen LogP contribution in [0.25, 0.3) is 0 Å². The van der Waals surface area contributed by atoms with Crippen molar-refractivity contribution in [3.05, 3.63) is 12.6 Å². The molecule has 0 aliphatic carbocycles. The molecule has 0 aliphatic heterocycles. The minimum absolute atomic E-state index is 1.27. The summed E-state index contributed by atoms with van der Waals surface area (Å²) in [7, 11) is -3.28. The number of ether oxygens (including phenoxy) is 2. The summed E-state index contributed by atoms with van der Waals surface area (Å²) in [5.74, 6) is -1.79. The van der Waals surface area contributed by atoms with E-state index in [2.05, 4.69) is 9.47 Å². The van der Waals surface area contributed by atoms with Crippen LogP contribution in [-0.2, 0) is 14.3 Å². The molecule has 0 rings (SSSR count). The number of esters is 1. The third-order valence-corrected chi connectivity index (χ3v) is 0.338. The number of carbonyl (C=O) groups is 1. The molecule has 0 aromatic heterocycles. The van der Waals surface area contributed by atoms with Gasteiger partial charge >= 0.3 is 5.97 Å². The van der Waals surface area contributed by atoms with Crippen molar-refractivity contribution in [2.45, 2.75) is 0 Å². The molecule has 0 radical (unpaired) electrons. The van der Waals surface area contributed by atoms with E-state index in [0.717, 1.165) is 0 Å². The van der Waals surface area contributed by atoms with Crippen LogP contribution < -0.4 is 0 Å². The highest BCUT2D eigenvalue weighted by Crippen LogP contribution is 1.78. The summed E-state index contributed by atoms with van der Waals surface area (Å²) < 4.78 is 76.3. The van der Waals surface area contributed by atoms with Gasteiger partial charge in [0.25, 0.3) is 0 Å². The van der Waals surface area contributed by atoms with Gasteiger partial charge in [0.15, 0.2) is 0 Å².